The highest BCUT2D eigenvalue weighted by Crippen LogP contribution is 2.33. The van der Waals surface area contributed by atoms with E-state index in [-0.39, 0.29) is 12.7 Å². The van der Waals surface area contributed by atoms with Gasteiger partial charge < -0.3 is 14.8 Å². The molecule has 0 atom stereocenters. The molecule has 4 nitrogen and oxygen atoms in total. The number of aryl methyl sites for hydroxylation is 2. The molecular weight excluding hydrogens is 310 g/mol. The van der Waals surface area contributed by atoms with Gasteiger partial charge in [0.2, 0.25) is 12.7 Å². The Morgan fingerprint density at radius 1 is 1.13 bits per heavy atom. The Kier molecular flexibility index (Phi) is 4.76. The SMILES string of the molecule is Cc1ccc(NC(=O)CSCc2ccc3c(c2)OCO3)c(C)c1. The van der Waals surface area contributed by atoms with Crippen LogP contribution in [-0.4, -0.2) is 18.5 Å². The highest BCUT2D eigenvalue weighted by Gasteiger charge is 2.13. The predicted molar refractivity (Wildman–Crippen MR) is 93.3 cm³/mol. The van der Waals surface area contributed by atoms with Crippen molar-refractivity contribution in [1.29, 1.82) is 0 Å². The average Bonchev–Trinajstić information content (AvgIpc) is 2.98. The van der Waals surface area contributed by atoms with Gasteiger partial charge in [-0.15, -0.1) is 11.8 Å². The minimum Gasteiger partial charge on any atom is -0.454 e. The number of hydrogen-bond acceptors (Lipinski definition) is 4. The van der Waals surface area contributed by atoms with Crippen molar-refractivity contribution >= 4 is 23.4 Å². The second kappa shape index (κ2) is 6.96. The summed E-state index contributed by atoms with van der Waals surface area (Å²) in [6.45, 7) is 4.33. The zero-order valence-electron chi connectivity index (χ0n) is 13.2. The fourth-order valence-electron chi connectivity index (χ4n) is 2.43. The van der Waals surface area contributed by atoms with Crippen molar-refractivity contribution in [3.63, 3.8) is 0 Å². The van der Waals surface area contributed by atoms with Gasteiger partial charge >= 0.3 is 0 Å². The van der Waals surface area contributed by atoms with Crippen LogP contribution in [0.1, 0.15) is 16.7 Å². The number of amides is 1. The quantitative estimate of drug-likeness (QED) is 0.903. The molecule has 1 aliphatic rings. The molecule has 23 heavy (non-hydrogen) atoms. The second-order valence-electron chi connectivity index (χ2n) is 5.55. The molecule has 0 fully saturated rings. The van der Waals surface area contributed by atoms with Crippen LogP contribution < -0.4 is 14.8 Å². The largest absolute Gasteiger partial charge is 0.454 e. The minimum atomic E-state index is 0.0164. The first-order chi connectivity index (χ1) is 11.1. The number of ether oxygens (including phenoxy) is 2. The maximum atomic E-state index is 12.1. The summed E-state index contributed by atoms with van der Waals surface area (Å²) in [6.07, 6.45) is 0. The Morgan fingerprint density at radius 2 is 1.96 bits per heavy atom. The molecule has 1 amide bonds. The fourth-order valence-corrected chi connectivity index (χ4v) is 3.21. The third kappa shape index (κ3) is 3.99. The molecule has 0 unspecified atom stereocenters. The Balaban J connectivity index is 1.49. The van der Waals surface area contributed by atoms with E-state index in [1.165, 1.54) is 5.56 Å². The molecule has 0 bridgehead atoms. The minimum absolute atomic E-state index is 0.0164. The highest BCUT2D eigenvalue weighted by atomic mass is 32.2. The maximum absolute atomic E-state index is 12.1. The predicted octanol–water partition coefficient (Wildman–Crippen LogP) is 3.90. The number of thioether (sulfide) groups is 1. The highest BCUT2D eigenvalue weighted by molar-refractivity contribution is 7.99. The van der Waals surface area contributed by atoms with Crippen molar-refractivity contribution in [2.45, 2.75) is 19.6 Å². The zero-order valence-corrected chi connectivity index (χ0v) is 14.0. The lowest BCUT2D eigenvalue weighted by Gasteiger charge is -2.09. The van der Waals surface area contributed by atoms with Gasteiger partial charge in [-0.1, -0.05) is 23.8 Å². The van der Waals surface area contributed by atoms with E-state index in [9.17, 15) is 4.79 Å². The molecule has 3 rings (SSSR count). The first-order valence-electron chi connectivity index (χ1n) is 7.45. The van der Waals surface area contributed by atoms with E-state index >= 15 is 0 Å². The summed E-state index contributed by atoms with van der Waals surface area (Å²) in [5.74, 6) is 2.76. The van der Waals surface area contributed by atoms with Gasteiger partial charge in [-0.3, -0.25) is 4.79 Å². The molecule has 5 heteroatoms. The monoisotopic (exact) mass is 329 g/mol. The second-order valence-corrected chi connectivity index (χ2v) is 6.53. The van der Waals surface area contributed by atoms with Crippen LogP contribution in [0.4, 0.5) is 5.69 Å². The lowest BCUT2D eigenvalue weighted by molar-refractivity contribution is -0.113. The molecular formula is C18H19NO3S. The van der Waals surface area contributed by atoms with Gasteiger partial charge in [0.05, 0.1) is 5.75 Å². The van der Waals surface area contributed by atoms with E-state index in [2.05, 4.69) is 11.4 Å². The van der Waals surface area contributed by atoms with E-state index in [1.807, 2.05) is 44.2 Å². The van der Waals surface area contributed by atoms with E-state index in [0.29, 0.717) is 5.75 Å². The Hall–Kier alpha value is -2.14. The average molecular weight is 329 g/mol. The summed E-state index contributed by atoms with van der Waals surface area (Å²) >= 11 is 1.58. The van der Waals surface area contributed by atoms with Crippen LogP contribution in [0.2, 0.25) is 0 Å². The summed E-state index contributed by atoms with van der Waals surface area (Å²) < 4.78 is 10.6. The Labute approximate surface area is 140 Å². The van der Waals surface area contributed by atoms with Crippen molar-refractivity contribution in [2.24, 2.45) is 0 Å². The van der Waals surface area contributed by atoms with E-state index in [4.69, 9.17) is 9.47 Å². The van der Waals surface area contributed by atoms with E-state index < -0.39 is 0 Å². The number of nitrogens with one attached hydrogen (secondary N) is 1. The molecule has 0 aliphatic carbocycles. The molecule has 1 aliphatic heterocycles. The molecule has 0 saturated heterocycles. The van der Waals surface area contributed by atoms with Crippen molar-refractivity contribution in [1.82, 2.24) is 0 Å². The van der Waals surface area contributed by atoms with Crippen LogP contribution in [0.25, 0.3) is 0 Å². The smallest absolute Gasteiger partial charge is 0.234 e. The van der Waals surface area contributed by atoms with E-state index in [0.717, 1.165) is 34.1 Å². The summed E-state index contributed by atoms with van der Waals surface area (Å²) in [5, 5.41) is 2.96. The third-order valence-corrected chi connectivity index (χ3v) is 4.60. The first-order valence-corrected chi connectivity index (χ1v) is 8.60. The molecule has 120 valence electrons. The van der Waals surface area contributed by atoms with Gasteiger partial charge in [-0.05, 0) is 43.2 Å². The Bertz CT molecular complexity index is 730. The number of carbonyl (C=O) groups is 1. The van der Waals surface area contributed by atoms with Gasteiger partial charge in [-0.25, -0.2) is 0 Å². The molecule has 0 spiro atoms. The van der Waals surface area contributed by atoms with Gasteiger partial charge in [0.1, 0.15) is 0 Å². The fraction of sp³-hybridized carbons (Fsp3) is 0.278. The van der Waals surface area contributed by atoms with Crippen LogP contribution in [0.3, 0.4) is 0 Å². The van der Waals surface area contributed by atoms with E-state index in [1.54, 1.807) is 11.8 Å². The molecule has 0 saturated carbocycles. The van der Waals surface area contributed by atoms with Gasteiger partial charge in [0.15, 0.2) is 11.5 Å². The van der Waals surface area contributed by atoms with Crippen LogP contribution in [0.5, 0.6) is 11.5 Å². The Morgan fingerprint density at radius 3 is 2.78 bits per heavy atom. The lowest BCUT2D eigenvalue weighted by atomic mass is 10.1. The van der Waals surface area contributed by atoms with Gasteiger partial charge in [-0.2, -0.15) is 0 Å². The number of rotatable bonds is 5. The zero-order chi connectivity index (χ0) is 16.2. The number of fused-ring (bicyclic) bond motifs is 1. The number of hydrogen-bond donors (Lipinski definition) is 1. The topological polar surface area (TPSA) is 47.6 Å². The summed E-state index contributed by atoms with van der Waals surface area (Å²) in [4.78, 5) is 12.1. The van der Waals surface area contributed by atoms with Crippen molar-refractivity contribution in [3.8, 4) is 11.5 Å². The normalized spacial score (nSPS) is 12.3. The summed E-state index contributed by atoms with van der Waals surface area (Å²) in [6, 6.07) is 11.9. The number of benzene rings is 2. The molecule has 1 heterocycles. The number of anilines is 1. The third-order valence-electron chi connectivity index (χ3n) is 3.59. The molecule has 0 radical (unpaired) electrons. The lowest BCUT2D eigenvalue weighted by Crippen LogP contribution is -2.15. The van der Waals surface area contributed by atoms with Crippen LogP contribution in [-0.2, 0) is 10.5 Å². The van der Waals surface area contributed by atoms with Gasteiger partial charge in [0.25, 0.3) is 0 Å². The molecule has 2 aromatic rings. The van der Waals surface area contributed by atoms with Crippen LogP contribution in [0, 0.1) is 13.8 Å². The van der Waals surface area contributed by atoms with Crippen molar-refractivity contribution in [2.75, 3.05) is 17.9 Å². The van der Waals surface area contributed by atoms with Crippen molar-refractivity contribution < 1.29 is 14.3 Å². The maximum Gasteiger partial charge on any atom is 0.234 e. The molecule has 0 aromatic heterocycles. The number of carbonyl (C=O) groups excluding carboxylic acids is 1. The van der Waals surface area contributed by atoms with Gasteiger partial charge in [0, 0.05) is 11.4 Å². The van der Waals surface area contributed by atoms with Crippen molar-refractivity contribution in [3.05, 3.63) is 53.1 Å². The molecule has 2 aromatic carbocycles. The first kappa shape index (κ1) is 15.7. The molecule has 1 N–H and O–H groups in total. The van der Waals surface area contributed by atoms with Crippen LogP contribution >= 0.6 is 11.8 Å². The summed E-state index contributed by atoms with van der Waals surface area (Å²) in [7, 11) is 0. The van der Waals surface area contributed by atoms with Crippen LogP contribution in [0.15, 0.2) is 36.4 Å². The summed E-state index contributed by atoms with van der Waals surface area (Å²) in [5.41, 5.74) is 4.28. The standard InChI is InChI=1S/C18H19NO3S/c1-12-3-5-15(13(2)7-12)19-18(20)10-23-9-14-4-6-16-17(8-14)22-11-21-16/h3-8H,9-11H2,1-2H3,(H,19,20).